The van der Waals surface area contributed by atoms with E-state index in [9.17, 15) is 14.3 Å². The Bertz CT molecular complexity index is 1500. The number of carbonyl (C=O) groups excluding carboxylic acids is 1. The molecule has 0 amide bonds. The molecular formula is C27H25FN6O4. The molecule has 1 aromatic heterocycles. The van der Waals surface area contributed by atoms with Crippen molar-refractivity contribution in [3.05, 3.63) is 89.4 Å². The second kappa shape index (κ2) is 10.6. The van der Waals surface area contributed by atoms with Gasteiger partial charge in [0, 0.05) is 29.5 Å². The van der Waals surface area contributed by atoms with Gasteiger partial charge in [-0.05, 0) is 42.0 Å². The summed E-state index contributed by atoms with van der Waals surface area (Å²) in [6, 6.07) is 17.3. The van der Waals surface area contributed by atoms with Crippen LogP contribution >= 0.6 is 0 Å². The van der Waals surface area contributed by atoms with Gasteiger partial charge < -0.3 is 30.2 Å². The maximum absolute atomic E-state index is 14.4. The van der Waals surface area contributed by atoms with Crippen molar-refractivity contribution in [1.29, 1.82) is 0 Å². The summed E-state index contributed by atoms with van der Waals surface area (Å²) in [5, 5.41) is 17.6. The Morgan fingerprint density at radius 3 is 2.74 bits per heavy atom. The number of nitrogens with zero attached hydrogens (tertiary/aromatic N) is 3. The third-order valence-corrected chi connectivity index (χ3v) is 5.98. The first-order chi connectivity index (χ1) is 18.4. The predicted molar refractivity (Wildman–Crippen MR) is 140 cm³/mol. The summed E-state index contributed by atoms with van der Waals surface area (Å²) in [6.45, 7) is 1.12. The first-order valence-electron chi connectivity index (χ1n) is 11.7. The molecule has 5 rings (SSSR count). The summed E-state index contributed by atoms with van der Waals surface area (Å²) in [6.07, 6.45) is 1.08. The molecule has 1 aliphatic heterocycles. The number of benzene rings is 3. The first-order valence-corrected chi connectivity index (χ1v) is 11.7. The highest BCUT2D eigenvalue weighted by molar-refractivity contribution is 5.90. The van der Waals surface area contributed by atoms with Crippen LogP contribution in [0.4, 0.5) is 33.2 Å². The number of phenols is 1. The third kappa shape index (κ3) is 5.27. The average Bonchev–Trinajstić information content (AvgIpc) is 3.32. The van der Waals surface area contributed by atoms with Gasteiger partial charge >= 0.3 is 5.97 Å². The number of nitrogens with one attached hydrogen (secondary N) is 3. The topological polar surface area (TPSA) is 121 Å². The normalized spacial score (nSPS) is 12.1. The van der Waals surface area contributed by atoms with E-state index in [2.05, 4.69) is 26.0 Å². The third-order valence-electron chi connectivity index (χ3n) is 5.98. The lowest BCUT2D eigenvalue weighted by molar-refractivity contribution is 0.0600. The van der Waals surface area contributed by atoms with Crippen LogP contribution in [-0.2, 0) is 17.8 Å². The van der Waals surface area contributed by atoms with E-state index < -0.39 is 11.8 Å². The fourth-order valence-corrected chi connectivity index (χ4v) is 4.10. The van der Waals surface area contributed by atoms with E-state index in [1.165, 1.54) is 19.2 Å². The molecule has 10 nitrogen and oxygen atoms in total. The number of phenolic OH excluding ortho intramolecular Hbond substituents is 1. The molecule has 0 saturated heterocycles. The fourth-order valence-electron chi connectivity index (χ4n) is 4.10. The number of esters is 1. The Kier molecular flexibility index (Phi) is 6.92. The molecule has 38 heavy (non-hydrogen) atoms. The van der Waals surface area contributed by atoms with E-state index in [0.717, 1.165) is 23.0 Å². The van der Waals surface area contributed by atoms with E-state index >= 15 is 0 Å². The van der Waals surface area contributed by atoms with Crippen molar-refractivity contribution in [1.82, 2.24) is 15.4 Å². The van der Waals surface area contributed by atoms with Crippen molar-refractivity contribution in [2.75, 3.05) is 29.9 Å². The zero-order valence-corrected chi connectivity index (χ0v) is 20.7. The molecule has 0 aliphatic carbocycles. The molecule has 0 atom stereocenters. The minimum atomic E-state index is -0.629. The highest BCUT2D eigenvalue weighted by Gasteiger charge is 2.21. The Hall–Kier alpha value is -4.90. The summed E-state index contributed by atoms with van der Waals surface area (Å²) in [4.78, 5) is 20.2. The summed E-state index contributed by atoms with van der Waals surface area (Å²) in [5.74, 6) is -0.263. The predicted octanol–water partition coefficient (Wildman–Crippen LogP) is 4.63. The van der Waals surface area contributed by atoms with E-state index in [-0.39, 0.29) is 17.5 Å². The Labute approximate surface area is 218 Å². The number of methoxy groups -OCH3 is 2. The van der Waals surface area contributed by atoms with Crippen LogP contribution in [0.3, 0.4) is 0 Å². The molecule has 0 spiro atoms. The quantitative estimate of drug-likeness (QED) is 0.247. The summed E-state index contributed by atoms with van der Waals surface area (Å²) >= 11 is 0. The monoisotopic (exact) mass is 516 g/mol. The summed E-state index contributed by atoms with van der Waals surface area (Å²) in [5.41, 5.74) is 7.87. The van der Waals surface area contributed by atoms with Gasteiger partial charge in [-0.3, -0.25) is 0 Å². The summed E-state index contributed by atoms with van der Waals surface area (Å²) in [7, 11) is 2.89. The van der Waals surface area contributed by atoms with E-state index in [1.807, 2.05) is 29.3 Å². The molecular weight excluding hydrogens is 491 g/mol. The van der Waals surface area contributed by atoms with Crippen molar-refractivity contribution in [2.24, 2.45) is 0 Å². The number of ether oxygens (including phenoxy) is 2. The second-order valence-electron chi connectivity index (χ2n) is 8.47. The van der Waals surface area contributed by atoms with Crippen molar-refractivity contribution in [3.8, 4) is 11.5 Å². The molecule has 0 unspecified atom stereocenters. The zero-order valence-electron chi connectivity index (χ0n) is 20.7. The summed E-state index contributed by atoms with van der Waals surface area (Å²) < 4.78 is 24.7. The van der Waals surface area contributed by atoms with Gasteiger partial charge in [0.25, 0.3) is 0 Å². The fraction of sp³-hybridized carbons (Fsp3) is 0.148. The highest BCUT2D eigenvalue weighted by atomic mass is 19.1. The Morgan fingerprint density at radius 1 is 1.11 bits per heavy atom. The molecule has 2 heterocycles. The van der Waals surface area contributed by atoms with Crippen molar-refractivity contribution in [2.45, 2.75) is 13.1 Å². The van der Waals surface area contributed by atoms with E-state index in [4.69, 9.17) is 9.47 Å². The minimum absolute atomic E-state index is 0.0277. The molecule has 0 fully saturated rings. The van der Waals surface area contributed by atoms with Gasteiger partial charge in [-0.25, -0.2) is 19.6 Å². The second-order valence-corrected chi connectivity index (χ2v) is 8.47. The molecule has 0 radical (unpaired) electrons. The lowest BCUT2D eigenvalue weighted by Crippen LogP contribution is -2.31. The standard InChI is InChI=1S/C27H25FN6O4/c1-37-24-10-16(26(36)38-2)6-7-18(24)15-34-23-12-20(9-8-17(23)13-30-34)32-27-29-14-22(28)25(33-27)31-19-4-3-5-21(35)11-19/h3-12,14,30,35H,13,15H2,1-2H3,(H2,29,31,32,33). The van der Waals surface area contributed by atoms with E-state index in [1.54, 1.807) is 31.4 Å². The SMILES string of the molecule is COC(=O)c1ccc(CN2NCc3ccc(Nc4ncc(F)c(Nc5cccc(O)c5)n4)cc32)c(OC)c1. The van der Waals surface area contributed by atoms with Crippen LogP contribution in [0, 0.1) is 5.82 Å². The molecule has 4 aromatic rings. The number of hydrogen-bond acceptors (Lipinski definition) is 10. The molecule has 0 saturated carbocycles. The van der Waals surface area contributed by atoms with Gasteiger partial charge in [-0.1, -0.05) is 18.2 Å². The van der Waals surface area contributed by atoms with Crippen LogP contribution in [0.1, 0.15) is 21.5 Å². The van der Waals surface area contributed by atoms with Gasteiger partial charge in [0.2, 0.25) is 5.95 Å². The number of hydrazine groups is 1. The van der Waals surface area contributed by atoms with Gasteiger partial charge in [-0.15, -0.1) is 0 Å². The van der Waals surface area contributed by atoms with Crippen molar-refractivity contribution in [3.63, 3.8) is 0 Å². The number of halogens is 1. The number of aromatic nitrogens is 2. The number of aromatic hydroxyl groups is 1. The molecule has 0 bridgehead atoms. The first kappa shape index (κ1) is 24.8. The van der Waals surface area contributed by atoms with Crippen LogP contribution in [0.15, 0.2) is 66.9 Å². The van der Waals surface area contributed by atoms with Crippen LogP contribution < -0.4 is 25.8 Å². The zero-order chi connectivity index (χ0) is 26.6. The van der Waals surface area contributed by atoms with E-state index in [0.29, 0.717) is 35.8 Å². The van der Waals surface area contributed by atoms with Gasteiger partial charge in [0.1, 0.15) is 11.5 Å². The lowest BCUT2D eigenvalue weighted by atomic mass is 10.1. The molecule has 11 heteroatoms. The van der Waals surface area contributed by atoms with Gasteiger partial charge in [0.15, 0.2) is 11.6 Å². The largest absolute Gasteiger partial charge is 0.508 e. The smallest absolute Gasteiger partial charge is 0.337 e. The molecule has 194 valence electrons. The number of fused-ring (bicyclic) bond motifs is 1. The maximum Gasteiger partial charge on any atom is 0.337 e. The average molecular weight is 517 g/mol. The number of rotatable bonds is 8. The maximum atomic E-state index is 14.4. The highest BCUT2D eigenvalue weighted by Crippen LogP contribution is 2.32. The van der Waals surface area contributed by atoms with Crippen LogP contribution in [0.5, 0.6) is 11.5 Å². The van der Waals surface area contributed by atoms with Crippen LogP contribution in [0.2, 0.25) is 0 Å². The van der Waals surface area contributed by atoms with Crippen molar-refractivity contribution < 1.29 is 23.8 Å². The van der Waals surface area contributed by atoms with Crippen LogP contribution in [0.25, 0.3) is 0 Å². The Morgan fingerprint density at radius 2 is 1.95 bits per heavy atom. The number of hydrogen-bond donors (Lipinski definition) is 4. The molecule has 3 aromatic carbocycles. The molecule has 1 aliphatic rings. The molecule has 4 N–H and O–H groups in total. The van der Waals surface area contributed by atoms with Crippen LogP contribution in [-0.4, -0.2) is 35.3 Å². The van der Waals surface area contributed by atoms with Gasteiger partial charge in [-0.2, -0.15) is 4.98 Å². The van der Waals surface area contributed by atoms with Crippen molar-refractivity contribution >= 4 is 34.8 Å². The number of anilines is 5. The lowest BCUT2D eigenvalue weighted by Gasteiger charge is -2.21. The van der Waals surface area contributed by atoms with Gasteiger partial charge in [0.05, 0.1) is 38.2 Å². The number of carbonyl (C=O) groups is 1. The Balaban J connectivity index is 1.34. The minimum Gasteiger partial charge on any atom is -0.508 e.